The number of carbonyl (C=O) groups excluding carboxylic acids is 2. The summed E-state index contributed by atoms with van der Waals surface area (Å²) in [4.78, 5) is 37.0. The summed E-state index contributed by atoms with van der Waals surface area (Å²) in [5.41, 5.74) is 3.31. The minimum Gasteiger partial charge on any atom is -0.352 e. The molecule has 26 heavy (non-hydrogen) atoms. The maximum atomic E-state index is 12.3. The lowest BCUT2D eigenvalue weighted by molar-refractivity contribution is -0.133. The van der Waals surface area contributed by atoms with Crippen LogP contribution in [0.4, 0.5) is 10.9 Å². The normalized spacial score (nSPS) is 14.4. The van der Waals surface area contributed by atoms with Gasteiger partial charge >= 0.3 is 0 Å². The predicted octanol–water partition coefficient (Wildman–Crippen LogP) is 1.01. The fraction of sp³-hybridized carbons (Fsp3) is 0.500. The molecule has 1 N–H and O–H groups in total. The van der Waals surface area contributed by atoms with Crippen molar-refractivity contribution in [3.63, 3.8) is 0 Å². The number of carbonyl (C=O) groups is 2. The molecule has 2 amide bonds. The summed E-state index contributed by atoms with van der Waals surface area (Å²) in [6, 6.07) is 0. The zero-order valence-electron chi connectivity index (χ0n) is 14.8. The van der Waals surface area contributed by atoms with Crippen molar-refractivity contribution in [2.24, 2.45) is 0 Å². The van der Waals surface area contributed by atoms with Crippen LogP contribution in [0.2, 0.25) is 0 Å². The van der Waals surface area contributed by atoms with E-state index < -0.39 is 0 Å². The fourth-order valence-electron chi connectivity index (χ4n) is 2.78. The van der Waals surface area contributed by atoms with E-state index in [0.717, 1.165) is 17.2 Å². The molecule has 0 unspecified atom stereocenters. The fourth-order valence-corrected chi connectivity index (χ4v) is 3.24. The molecule has 3 heterocycles. The van der Waals surface area contributed by atoms with Crippen molar-refractivity contribution in [1.82, 2.24) is 25.1 Å². The van der Waals surface area contributed by atoms with Crippen molar-refractivity contribution in [3.05, 3.63) is 23.1 Å². The van der Waals surface area contributed by atoms with Crippen LogP contribution in [-0.4, -0.2) is 63.1 Å². The van der Waals surface area contributed by atoms with E-state index in [2.05, 4.69) is 30.4 Å². The molecule has 9 nitrogen and oxygen atoms in total. The molecule has 0 aliphatic carbocycles. The number of hydrogen-bond acceptors (Lipinski definition) is 8. The van der Waals surface area contributed by atoms with E-state index >= 15 is 0 Å². The molecule has 0 saturated carbocycles. The van der Waals surface area contributed by atoms with Crippen LogP contribution >= 0.6 is 11.3 Å². The maximum Gasteiger partial charge on any atom is 0.226 e. The van der Waals surface area contributed by atoms with Crippen molar-refractivity contribution in [1.29, 1.82) is 0 Å². The Bertz CT molecular complexity index is 773. The lowest BCUT2D eigenvalue weighted by atomic mass is 10.2. The van der Waals surface area contributed by atoms with Gasteiger partial charge in [0.15, 0.2) is 0 Å². The molecule has 0 aromatic carbocycles. The third-order valence-electron chi connectivity index (χ3n) is 4.16. The van der Waals surface area contributed by atoms with E-state index in [4.69, 9.17) is 0 Å². The second-order valence-corrected chi connectivity index (χ2v) is 6.91. The molecule has 2 aromatic rings. The first kappa shape index (κ1) is 18.2. The van der Waals surface area contributed by atoms with Gasteiger partial charge in [0.1, 0.15) is 11.3 Å². The molecule has 10 heteroatoms. The van der Waals surface area contributed by atoms with Gasteiger partial charge in [-0.2, -0.15) is 0 Å². The Morgan fingerprint density at radius 2 is 1.96 bits per heavy atom. The first-order valence-corrected chi connectivity index (χ1v) is 9.30. The number of aryl methyl sites for hydroxylation is 2. The van der Waals surface area contributed by atoms with Crippen LogP contribution in [0.3, 0.4) is 0 Å². The third-order valence-corrected chi connectivity index (χ3v) is 4.76. The number of amides is 2. The van der Waals surface area contributed by atoms with Crippen molar-refractivity contribution in [2.45, 2.75) is 26.7 Å². The van der Waals surface area contributed by atoms with Gasteiger partial charge in [-0.3, -0.25) is 14.6 Å². The van der Waals surface area contributed by atoms with E-state index in [1.807, 2.05) is 13.8 Å². The number of aromatic nitrogens is 4. The molecule has 0 radical (unpaired) electrons. The number of piperazine rings is 1. The Balaban J connectivity index is 1.46. The minimum atomic E-state index is -0.223. The molecule has 3 rings (SSSR count). The molecule has 0 bridgehead atoms. The van der Waals surface area contributed by atoms with Gasteiger partial charge in [-0.25, -0.2) is 4.98 Å². The highest BCUT2D eigenvalue weighted by Crippen LogP contribution is 2.18. The van der Waals surface area contributed by atoms with Crippen LogP contribution in [0.25, 0.3) is 0 Å². The van der Waals surface area contributed by atoms with E-state index in [1.165, 1.54) is 11.3 Å². The molecule has 1 fully saturated rings. The Kier molecular flexibility index (Phi) is 5.71. The van der Waals surface area contributed by atoms with Crippen LogP contribution in [0.5, 0.6) is 0 Å². The monoisotopic (exact) mass is 375 g/mol. The molecule has 2 aromatic heterocycles. The van der Waals surface area contributed by atoms with Crippen LogP contribution in [0.1, 0.15) is 24.2 Å². The molecule has 138 valence electrons. The van der Waals surface area contributed by atoms with E-state index in [-0.39, 0.29) is 24.7 Å². The summed E-state index contributed by atoms with van der Waals surface area (Å²) in [5, 5.41) is 10.5. The summed E-state index contributed by atoms with van der Waals surface area (Å²) >= 11 is 1.25. The van der Waals surface area contributed by atoms with E-state index in [0.29, 0.717) is 31.3 Å². The van der Waals surface area contributed by atoms with Crippen molar-refractivity contribution in [2.75, 3.05) is 36.4 Å². The lowest BCUT2D eigenvalue weighted by Gasteiger charge is -2.36. The van der Waals surface area contributed by atoms with Gasteiger partial charge in [-0.05, 0) is 13.8 Å². The minimum absolute atomic E-state index is 0.0101. The average molecular weight is 375 g/mol. The van der Waals surface area contributed by atoms with Gasteiger partial charge in [0.25, 0.3) is 0 Å². The maximum absolute atomic E-state index is 12.3. The third kappa shape index (κ3) is 4.51. The quantitative estimate of drug-likeness (QED) is 0.832. The molecule has 0 spiro atoms. The van der Waals surface area contributed by atoms with Crippen LogP contribution < -0.4 is 10.2 Å². The van der Waals surface area contributed by atoms with Gasteiger partial charge in [0.05, 0.1) is 11.4 Å². The van der Waals surface area contributed by atoms with E-state index in [1.54, 1.807) is 16.6 Å². The highest BCUT2D eigenvalue weighted by molar-refractivity contribution is 7.13. The van der Waals surface area contributed by atoms with Crippen molar-refractivity contribution in [3.8, 4) is 0 Å². The number of nitrogens with one attached hydrogen (secondary N) is 1. The number of nitrogens with zero attached hydrogens (tertiary/aromatic N) is 6. The lowest BCUT2D eigenvalue weighted by Crippen LogP contribution is -2.49. The zero-order valence-corrected chi connectivity index (χ0v) is 15.6. The highest BCUT2D eigenvalue weighted by Gasteiger charge is 2.23. The zero-order chi connectivity index (χ0) is 18.5. The van der Waals surface area contributed by atoms with Crippen molar-refractivity contribution < 1.29 is 9.59 Å². The summed E-state index contributed by atoms with van der Waals surface area (Å²) < 4.78 is 0. The molecule has 1 saturated heterocycles. The molecule has 0 atom stereocenters. The van der Waals surface area contributed by atoms with Gasteiger partial charge in [-0.15, -0.1) is 10.2 Å². The number of rotatable bonds is 5. The summed E-state index contributed by atoms with van der Waals surface area (Å²) in [5.74, 6) is 0.650. The summed E-state index contributed by atoms with van der Waals surface area (Å²) in [7, 11) is 0. The summed E-state index contributed by atoms with van der Waals surface area (Å²) in [6.45, 7) is 6.51. The molecular weight excluding hydrogens is 354 g/mol. The van der Waals surface area contributed by atoms with Crippen molar-refractivity contribution >= 4 is 34.1 Å². The Labute approximate surface area is 155 Å². The van der Waals surface area contributed by atoms with Crippen LogP contribution in [0.15, 0.2) is 11.7 Å². The number of hydrogen-bond donors (Lipinski definition) is 1. The Hall–Kier alpha value is -2.62. The average Bonchev–Trinajstić information content (AvgIpc) is 3.15. The van der Waals surface area contributed by atoms with Gasteiger partial charge < -0.3 is 15.1 Å². The highest BCUT2D eigenvalue weighted by atomic mass is 32.1. The second-order valence-electron chi connectivity index (χ2n) is 6.08. The first-order chi connectivity index (χ1) is 12.5. The Morgan fingerprint density at radius 3 is 2.65 bits per heavy atom. The van der Waals surface area contributed by atoms with Crippen LogP contribution in [-0.2, 0) is 9.59 Å². The topological polar surface area (TPSA) is 104 Å². The second kappa shape index (κ2) is 8.17. The largest absolute Gasteiger partial charge is 0.352 e. The van der Waals surface area contributed by atoms with E-state index in [9.17, 15) is 9.59 Å². The summed E-state index contributed by atoms with van der Waals surface area (Å²) in [6.07, 6.45) is 2.08. The van der Waals surface area contributed by atoms with Gasteiger partial charge in [0, 0.05) is 45.2 Å². The van der Waals surface area contributed by atoms with Crippen LogP contribution in [0, 0.1) is 13.8 Å². The Morgan fingerprint density at radius 1 is 1.19 bits per heavy atom. The number of anilines is 2. The molecular formula is C16H21N7O2S. The standard InChI is InChI=1S/C16H21N7O2S/c1-11-9-17-12(2)15(19-11)23-7-5-22(6-8-23)14(25)4-3-13(24)20-16-21-18-10-26-16/h9-10H,3-8H2,1-2H3,(H,20,21,24). The predicted molar refractivity (Wildman–Crippen MR) is 98.1 cm³/mol. The molecule has 1 aliphatic rings. The van der Waals surface area contributed by atoms with Gasteiger partial charge in [-0.1, -0.05) is 11.3 Å². The van der Waals surface area contributed by atoms with Gasteiger partial charge in [0.2, 0.25) is 16.9 Å². The molecule has 1 aliphatic heterocycles. The first-order valence-electron chi connectivity index (χ1n) is 8.42. The smallest absolute Gasteiger partial charge is 0.226 e. The SMILES string of the molecule is Cc1cnc(C)c(N2CCN(C(=O)CCC(=O)Nc3nncs3)CC2)n1.